The van der Waals surface area contributed by atoms with Crippen molar-refractivity contribution in [1.82, 2.24) is 0 Å². The third-order valence-corrected chi connectivity index (χ3v) is 8.17. The summed E-state index contributed by atoms with van der Waals surface area (Å²) in [5.74, 6) is 0. The van der Waals surface area contributed by atoms with Crippen molar-refractivity contribution in [2.24, 2.45) is 0 Å². The van der Waals surface area contributed by atoms with Crippen molar-refractivity contribution < 1.29 is 0 Å². The van der Waals surface area contributed by atoms with Gasteiger partial charge in [-0.25, -0.2) is 0 Å². The molecule has 0 aromatic heterocycles. The molecule has 2 aromatic carbocycles. The zero-order chi connectivity index (χ0) is 12.8. The normalized spacial score (nSPS) is 10.5. The van der Waals surface area contributed by atoms with Crippen LogP contribution in [0.2, 0.25) is 0 Å². The molecule has 5 heteroatoms. The largest absolute Gasteiger partial charge is 0.399 e. The summed E-state index contributed by atoms with van der Waals surface area (Å²) < 4.78 is 0. The number of nitrogens with two attached hydrogens (primary N) is 1. The van der Waals surface area contributed by atoms with Crippen LogP contribution in [0.1, 0.15) is 5.56 Å². The number of hydrogen-bond donors (Lipinski definition) is 1. The van der Waals surface area contributed by atoms with Gasteiger partial charge in [-0.3, -0.25) is 0 Å². The maximum atomic E-state index is 5.74. The molecule has 0 atom stereocenters. The number of rotatable bonds is 5. The van der Waals surface area contributed by atoms with E-state index in [1.54, 1.807) is 41.2 Å². The zero-order valence-electron chi connectivity index (χ0n) is 9.83. The molecule has 0 amide bonds. The Morgan fingerprint density at radius 2 is 1.44 bits per heavy atom. The highest BCUT2D eigenvalue weighted by molar-refractivity contribution is 9.26. The molecular weight excluding hydrogens is 298 g/mol. The standard InChI is InChI=1S/C13H13NS4/c1-10-4-2-6-12(8-10)15-17-18-16-13-7-3-5-11(14)9-13/h2-9H,14H2,1H3. The van der Waals surface area contributed by atoms with E-state index < -0.39 is 0 Å². The van der Waals surface area contributed by atoms with Crippen LogP contribution in [0.3, 0.4) is 0 Å². The minimum Gasteiger partial charge on any atom is -0.399 e. The SMILES string of the molecule is Cc1cccc(SSSSc2cccc(N)c2)c1. The molecule has 0 aliphatic heterocycles. The number of nitrogen functional groups attached to an aromatic ring is 1. The fraction of sp³-hybridized carbons (Fsp3) is 0.0769. The Labute approximate surface area is 123 Å². The summed E-state index contributed by atoms with van der Waals surface area (Å²) in [5.41, 5.74) is 7.85. The first-order valence-corrected chi connectivity index (χ1v) is 10.2. The van der Waals surface area contributed by atoms with Gasteiger partial charge in [-0.2, -0.15) is 0 Å². The molecule has 0 aliphatic carbocycles. The van der Waals surface area contributed by atoms with Crippen molar-refractivity contribution in [2.75, 3.05) is 5.73 Å². The van der Waals surface area contributed by atoms with E-state index in [0.29, 0.717) is 0 Å². The molecule has 0 bridgehead atoms. The monoisotopic (exact) mass is 311 g/mol. The van der Waals surface area contributed by atoms with Crippen molar-refractivity contribution in [3.63, 3.8) is 0 Å². The van der Waals surface area contributed by atoms with E-state index in [1.807, 2.05) is 18.2 Å². The highest BCUT2D eigenvalue weighted by atomic mass is 33.7. The van der Waals surface area contributed by atoms with Gasteiger partial charge in [0.25, 0.3) is 0 Å². The summed E-state index contributed by atoms with van der Waals surface area (Å²) in [6.45, 7) is 2.11. The summed E-state index contributed by atoms with van der Waals surface area (Å²) in [6, 6.07) is 16.5. The van der Waals surface area contributed by atoms with Crippen LogP contribution in [0, 0.1) is 6.92 Å². The molecule has 18 heavy (non-hydrogen) atoms. The summed E-state index contributed by atoms with van der Waals surface area (Å²) in [6.07, 6.45) is 0. The van der Waals surface area contributed by atoms with Crippen LogP contribution in [-0.4, -0.2) is 0 Å². The average Bonchev–Trinajstić information content (AvgIpc) is 2.35. The van der Waals surface area contributed by atoms with Crippen LogP contribution in [-0.2, 0) is 0 Å². The van der Waals surface area contributed by atoms with Crippen molar-refractivity contribution in [3.05, 3.63) is 54.1 Å². The Balaban J connectivity index is 1.76. The van der Waals surface area contributed by atoms with Gasteiger partial charge in [0.1, 0.15) is 0 Å². The molecule has 94 valence electrons. The summed E-state index contributed by atoms with van der Waals surface area (Å²) in [7, 11) is 7.05. The first kappa shape index (κ1) is 14.1. The molecule has 2 aromatic rings. The van der Waals surface area contributed by atoms with E-state index in [9.17, 15) is 0 Å². The van der Waals surface area contributed by atoms with Gasteiger partial charge < -0.3 is 5.73 Å². The number of aryl methyl sites for hydroxylation is 1. The molecule has 0 unspecified atom stereocenters. The van der Waals surface area contributed by atoms with Crippen LogP contribution in [0.25, 0.3) is 0 Å². The lowest BCUT2D eigenvalue weighted by molar-refractivity contribution is 1.37. The van der Waals surface area contributed by atoms with Crippen LogP contribution < -0.4 is 5.73 Å². The van der Waals surface area contributed by atoms with Crippen LogP contribution >= 0.6 is 41.2 Å². The Morgan fingerprint density at radius 3 is 2.06 bits per heavy atom. The lowest BCUT2D eigenvalue weighted by Crippen LogP contribution is -1.82. The Bertz CT molecular complexity index is 468. The van der Waals surface area contributed by atoms with E-state index in [-0.39, 0.29) is 0 Å². The maximum Gasteiger partial charge on any atom is 0.0325 e. The molecule has 0 saturated carbocycles. The predicted molar refractivity (Wildman–Crippen MR) is 88.9 cm³/mol. The van der Waals surface area contributed by atoms with E-state index in [1.165, 1.54) is 15.4 Å². The van der Waals surface area contributed by atoms with E-state index >= 15 is 0 Å². The minimum absolute atomic E-state index is 0.817. The molecule has 0 aliphatic rings. The van der Waals surface area contributed by atoms with Crippen molar-refractivity contribution in [1.29, 1.82) is 0 Å². The molecular formula is C13H13NS4. The Hall–Kier alpha value is -0.360. The first-order valence-electron chi connectivity index (χ1n) is 5.34. The zero-order valence-corrected chi connectivity index (χ0v) is 13.1. The van der Waals surface area contributed by atoms with Gasteiger partial charge >= 0.3 is 0 Å². The van der Waals surface area contributed by atoms with Gasteiger partial charge in [-0.15, -0.1) is 0 Å². The molecule has 0 fully saturated rings. The van der Waals surface area contributed by atoms with Gasteiger partial charge in [-0.05, 0) is 84.1 Å². The molecule has 0 spiro atoms. The van der Waals surface area contributed by atoms with Crippen molar-refractivity contribution in [2.45, 2.75) is 16.7 Å². The number of anilines is 1. The van der Waals surface area contributed by atoms with Crippen LogP contribution in [0.15, 0.2) is 58.3 Å². The van der Waals surface area contributed by atoms with Gasteiger partial charge in [0.05, 0.1) is 0 Å². The lowest BCUT2D eigenvalue weighted by atomic mass is 10.2. The predicted octanol–water partition coefficient (Wildman–Crippen LogP) is 5.67. The van der Waals surface area contributed by atoms with Gasteiger partial charge in [0.2, 0.25) is 0 Å². The smallest absolute Gasteiger partial charge is 0.0325 e. The molecule has 2 rings (SSSR count). The summed E-state index contributed by atoms with van der Waals surface area (Å²) in [4.78, 5) is 2.48. The Morgan fingerprint density at radius 1 is 0.833 bits per heavy atom. The minimum atomic E-state index is 0.817. The first-order chi connectivity index (χ1) is 8.74. The number of benzene rings is 2. The molecule has 0 saturated heterocycles. The third-order valence-electron chi connectivity index (χ3n) is 2.14. The molecule has 2 N–H and O–H groups in total. The van der Waals surface area contributed by atoms with Gasteiger partial charge in [0.15, 0.2) is 0 Å². The highest BCUT2D eigenvalue weighted by Crippen LogP contribution is 2.49. The Kier molecular flexibility index (Phi) is 5.69. The fourth-order valence-corrected chi connectivity index (χ4v) is 6.91. The maximum absolute atomic E-state index is 5.74. The average molecular weight is 312 g/mol. The van der Waals surface area contributed by atoms with Crippen LogP contribution in [0.4, 0.5) is 5.69 Å². The fourth-order valence-electron chi connectivity index (χ4n) is 1.34. The van der Waals surface area contributed by atoms with Gasteiger partial charge in [-0.1, -0.05) is 18.2 Å². The molecule has 0 heterocycles. The summed E-state index contributed by atoms with van der Waals surface area (Å²) in [5, 5.41) is 0. The van der Waals surface area contributed by atoms with Crippen molar-refractivity contribution >= 4 is 46.9 Å². The van der Waals surface area contributed by atoms with E-state index in [2.05, 4.69) is 37.3 Å². The third kappa shape index (κ3) is 4.72. The highest BCUT2D eigenvalue weighted by Gasteiger charge is 1.99. The lowest BCUT2D eigenvalue weighted by Gasteiger charge is -2.02. The number of hydrogen-bond acceptors (Lipinski definition) is 5. The van der Waals surface area contributed by atoms with Crippen LogP contribution in [0.5, 0.6) is 0 Å². The van der Waals surface area contributed by atoms with Gasteiger partial charge in [0, 0.05) is 15.5 Å². The second-order valence-corrected chi connectivity index (χ2v) is 9.51. The molecule has 0 radical (unpaired) electrons. The summed E-state index contributed by atoms with van der Waals surface area (Å²) >= 11 is 0. The second kappa shape index (κ2) is 7.28. The van der Waals surface area contributed by atoms with E-state index in [0.717, 1.165) is 5.69 Å². The quantitative estimate of drug-likeness (QED) is 0.436. The van der Waals surface area contributed by atoms with Crippen molar-refractivity contribution in [3.8, 4) is 0 Å². The second-order valence-electron chi connectivity index (χ2n) is 3.69. The molecule has 1 nitrogen and oxygen atoms in total. The topological polar surface area (TPSA) is 26.0 Å². The van der Waals surface area contributed by atoms with E-state index in [4.69, 9.17) is 5.73 Å².